The summed E-state index contributed by atoms with van der Waals surface area (Å²) in [6.45, 7) is 4.24. The molecule has 14 heavy (non-hydrogen) atoms. The van der Waals surface area contributed by atoms with Crippen LogP contribution < -0.4 is 0 Å². The summed E-state index contributed by atoms with van der Waals surface area (Å²) in [7, 11) is 0. The maximum atomic E-state index is 9.31. The number of allylic oxidation sites excluding steroid dienone is 2. The first-order chi connectivity index (χ1) is 6.65. The van der Waals surface area contributed by atoms with Gasteiger partial charge in [0.05, 0.1) is 11.5 Å². The van der Waals surface area contributed by atoms with Crippen LogP contribution in [0.5, 0.6) is 0 Å². The summed E-state index contributed by atoms with van der Waals surface area (Å²) in [5.41, 5.74) is 1.35. The van der Waals surface area contributed by atoms with Gasteiger partial charge >= 0.3 is 0 Å². The fourth-order valence-electron chi connectivity index (χ4n) is 2.97. The first-order valence-electron chi connectivity index (χ1n) is 5.70. The second-order valence-electron chi connectivity index (χ2n) is 5.38. The van der Waals surface area contributed by atoms with Crippen LogP contribution in [0, 0.1) is 28.6 Å². The number of rotatable bonds is 2. The fourth-order valence-corrected chi connectivity index (χ4v) is 2.97. The molecular formula is C13H19N. The van der Waals surface area contributed by atoms with Gasteiger partial charge in [0.15, 0.2) is 0 Å². The Hall–Kier alpha value is -0.770. The second-order valence-corrected chi connectivity index (χ2v) is 5.38. The van der Waals surface area contributed by atoms with E-state index >= 15 is 0 Å². The van der Waals surface area contributed by atoms with Crippen molar-refractivity contribution in [2.45, 2.75) is 46.0 Å². The highest BCUT2D eigenvalue weighted by atomic mass is 14.5. The molecule has 1 nitrogen and oxygen atoms in total. The molecule has 2 fully saturated rings. The molecule has 2 saturated carbocycles. The predicted octanol–water partition coefficient (Wildman–Crippen LogP) is 3.67. The molecule has 0 amide bonds. The summed E-state index contributed by atoms with van der Waals surface area (Å²) in [6, 6.07) is 2.59. The molecule has 0 aliphatic heterocycles. The van der Waals surface area contributed by atoms with Crippen molar-refractivity contribution < 1.29 is 0 Å². The molecule has 0 aromatic heterocycles. The van der Waals surface area contributed by atoms with E-state index < -0.39 is 0 Å². The zero-order chi connectivity index (χ0) is 10.2. The van der Waals surface area contributed by atoms with Gasteiger partial charge in [0, 0.05) is 0 Å². The minimum Gasteiger partial charge on any atom is -0.198 e. The van der Waals surface area contributed by atoms with Gasteiger partial charge in [-0.15, -0.1) is 0 Å². The Morgan fingerprint density at radius 3 is 2.29 bits per heavy atom. The first-order valence-corrected chi connectivity index (χ1v) is 5.70. The summed E-state index contributed by atoms with van der Waals surface area (Å²) >= 11 is 0. The van der Waals surface area contributed by atoms with Gasteiger partial charge in [-0.2, -0.15) is 5.26 Å². The average molecular weight is 189 g/mol. The lowest BCUT2D eigenvalue weighted by Crippen LogP contribution is -2.18. The van der Waals surface area contributed by atoms with Gasteiger partial charge in [-0.3, -0.25) is 0 Å². The van der Waals surface area contributed by atoms with Gasteiger partial charge in [0.1, 0.15) is 0 Å². The van der Waals surface area contributed by atoms with E-state index in [2.05, 4.69) is 26.0 Å². The monoisotopic (exact) mass is 189 g/mol. The molecule has 2 unspecified atom stereocenters. The van der Waals surface area contributed by atoms with Crippen molar-refractivity contribution in [3.05, 3.63) is 11.6 Å². The van der Waals surface area contributed by atoms with Crippen LogP contribution in [0.4, 0.5) is 0 Å². The number of hydrogen-bond donors (Lipinski definition) is 0. The largest absolute Gasteiger partial charge is 0.198 e. The molecule has 2 rings (SSSR count). The molecule has 0 heterocycles. The van der Waals surface area contributed by atoms with E-state index in [1.807, 2.05) is 0 Å². The maximum Gasteiger partial charge on any atom is 0.0693 e. The van der Waals surface area contributed by atoms with Crippen LogP contribution in [-0.2, 0) is 0 Å². The smallest absolute Gasteiger partial charge is 0.0693 e. The third-order valence-corrected chi connectivity index (χ3v) is 4.02. The zero-order valence-electron chi connectivity index (χ0n) is 9.21. The molecular weight excluding hydrogens is 170 g/mol. The van der Waals surface area contributed by atoms with Gasteiger partial charge in [-0.1, -0.05) is 11.6 Å². The summed E-state index contributed by atoms with van der Waals surface area (Å²) in [6.07, 6.45) is 8.31. The van der Waals surface area contributed by atoms with Crippen LogP contribution in [-0.4, -0.2) is 0 Å². The normalized spacial score (nSPS) is 39.5. The van der Waals surface area contributed by atoms with E-state index in [-0.39, 0.29) is 5.41 Å². The molecule has 2 aliphatic carbocycles. The highest BCUT2D eigenvalue weighted by molar-refractivity contribution is 5.13. The molecule has 0 aromatic carbocycles. The van der Waals surface area contributed by atoms with Gasteiger partial charge in [-0.05, 0) is 57.8 Å². The van der Waals surface area contributed by atoms with E-state index in [9.17, 15) is 5.26 Å². The Kier molecular flexibility index (Phi) is 2.39. The zero-order valence-corrected chi connectivity index (χ0v) is 9.21. The number of fused-ring (bicyclic) bond motifs is 1. The lowest BCUT2D eigenvalue weighted by atomic mass is 9.77. The van der Waals surface area contributed by atoms with E-state index in [4.69, 9.17) is 0 Å². The summed E-state index contributed by atoms with van der Waals surface area (Å²) < 4.78 is 0. The minimum absolute atomic E-state index is 0.00308. The molecule has 0 saturated heterocycles. The van der Waals surface area contributed by atoms with Gasteiger partial charge < -0.3 is 0 Å². The number of nitriles is 1. The van der Waals surface area contributed by atoms with Gasteiger partial charge in [0.25, 0.3) is 0 Å². The molecule has 0 bridgehead atoms. The van der Waals surface area contributed by atoms with Crippen LogP contribution in [0.3, 0.4) is 0 Å². The van der Waals surface area contributed by atoms with E-state index in [1.54, 1.807) is 0 Å². The lowest BCUT2D eigenvalue weighted by Gasteiger charge is -2.29. The second kappa shape index (κ2) is 3.42. The molecule has 1 heteroatoms. The van der Waals surface area contributed by atoms with Crippen LogP contribution in [0.15, 0.2) is 11.6 Å². The van der Waals surface area contributed by atoms with Gasteiger partial charge in [0.2, 0.25) is 0 Å². The van der Waals surface area contributed by atoms with Crippen LogP contribution in [0.1, 0.15) is 46.0 Å². The third kappa shape index (κ3) is 1.59. The average Bonchev–Trinajstić information content (AvgIpc) is 2.39. The van der Waals surface area contributed by atoms with E-state index in [0.717, 1.165) is 31.1 Å². The quantitative estimate of drug-likeness (QED) is 0.608. The van der Waals surface area contributed by atoms with E-state index in [0.29, 0.717) is 0 Å². The molecule has 2 atom stereocenters. The lowest BCUT2D eigenvalue weighted by molar-refractivity contribution is 0.219. The van der Waals surface area contributed by atoms with Crippen molar-refractivity contribution in [2.75, 3.05) is 0 Å². The Morgan fingerprint density at radius 2 is 1.93 bits per heavy atom. The highest BCUT2D eigenvalue weighted by Crippen LogP contribution is 2.56. The Labute approximate surface area is 86.8 Å². The van der Waals surface area contributed by atoms with Crippen LogP contribution in [0.2, 0.25) is 0 Å². The van der Waals surface area contributed by atoms with Crippen molar-refractivity contribution in [3.63, 3.8) is 0 Å². The maximum absolute atomic E-state index is 9.31. The standard InChI is InChI=1S/C13H19N/c1-10(2)5-6-13(9-14)7-11-3-4-12(11)8-13/h5,11-12H,3-4,6-8H2,1-2H3. The SMILES string of the molecule is CC(C)=CCC1(C#N)CC2CCC2C1. The third-order valence-electron chi connectivity index (χ3n) is 4.02. The minimum atomic E-state index is 0.00308. The molecule has 0 N–H and O–H groups in total. The van der Waals surface area contributed by atoms with Crippen molar-refractivity contribution >= 4 is 0 Å². The molecule has 0 aromatic rings. The van der Waals surface area contributed by atoms with Crippen molar-refractivity contribution in [3.8, 4) is 6.07 Å². The van der Waals surface area contributed by atoms with Crippen molar-refractivity contribution in [1.29, 1.82) is 5.26 Å². The Morgan fingerprint density at radius 1 is 1.36 bits per heavy atom. The summed E-state index contributed by atoms with van der Waals surface area (Å²) in [5.74, 6) is 1.78. The molecule has 2 aliphatic rings. The molecule has 0 spiro atoms. The van der Waals surface area contributed by atoms with Crippen LogP contribution in [0.25, 0.3) is 0 Å². The fraction of sp³-hybridized carbons (Fsp3) is 0.769. The summed E-state index contributed by atoms with van der Waals surface area (Å²) in [5, 5.41) is 9.31. The number of hydrogen-bond acceptors (Lipinski definition) is 1. The Balaban J connectivity index is 2.05. The van der Waals surface area contributed by atoms with Crippen molar-refractivity contribution in [1.82, 2.24) is 0 Å². The van der Waals surface area contributed by atoms with E-state index in [1.165, 1.54) is 18.4 Å². The molecule has 0 radical (unpaired) electrons. The highest BCUT2D eigenvalue weighted by Gasteiger charge is 2.48. The van der Waals surface area contributed by atoms with Crippen molar-refractivity contribution in [2.24, 2.45) is 17.3 Å². The summed E-state index contributed by atoms with van der Waals surface area (Å²) in [4.78, 5) is 0. The topological polar surface area (TPSA) is 23.8 Å². The van der Waals surface area contributed by atoms with Gasteiger partial charge in [-0.25, -0.2) is 0 Å². The number of nitrogens with zero attached hydrogens (tertiary/aromatic N) is 1. The first kappa shape index (κ1) is 9.77. The Bertz CT molecular complexity index is 279. The molecule has 76 valence electrons. The predicted molar refractivity (Wildman–Crippen MR) is 57.5 cm³/mol. The van der Waals surface area contributed by atoms with Crippen LogP contribution >= 0.6 is 0 Å².